The van der Waals surface area contributed by atoms with Gasteiger partial charge in [0.1, 0.15) is 17.5 Å². The molecule has 0 radical (unpaired) electrons. The number of imide groups is 1. The zero-order valence-electron chi connectivity index (χ0n) is 20.2. The van der Waals surface area contributed by atoms with Crippen LogP contribution < -0.4 is 19.8 Å². The third-order valence-corrected chi connectivity index (χ3v) is 9.49. The number of ether oxygens (including phenoxy) is 1. The number of aromatic nitrogens is 1. The normalized spacial score (nSPS) is 20.2. The number of fused-ring (bicyclic) bond motifs is 2. The number of benzene rings is 2. The van der Waals surface area contributed by atoms with Crippen LogP contribution in [0.3, 0.4) is 0 Å². The molecule has 3 heterocycles. The second-order valence-electron chi connectivity index (χ2n) is 9.45. The molecule has 2 unspecified atom stereocenters. The summed E-state index contributed by atoms with van der Waals surface area (Å²) in [4.78, 5) is 54.5. The third kappa shape index (κ3) is 3.94. The van der Waals surface area contributed by atoms with Crippen LogP contribution in [0.1, 0.15) is 24.3 Å². The smallest absolute Gasteiger partial charge is 0.308 e. The quantitative estimate of drug-likeness (QED) is 0.511. The van der Waals surface area contributed by atoms with E-state index in [2.05, 4.69) is 5.32 Å². The number of nitrogens with zero attached hydrogens (tertiary/aromatic N) is 2. The van der Waals surface area contributed by atoms with Crippen molar-refractivity contribution in [3.05, 3.63) is 68.6 Å². The van der Waals surface area contributed by atoms with Crippen LogP contribution in [0, 0.1) is 12.8 Å². The lowest BCUT2D eigenvalue weighted by atomic mass is 9.76. The molecule has 1 saturated heterocycles. The molecule has 1 aromatic heterocycles. The number of hydrogen-bond acceptors (Lipinski definition) is 7. The highest BCUT2D eigenvalue weighted by atomic mass is 32.2. The number of anilines is 2. The van der Waals surface area contributed by atoms with Gasteiger partial charge < -0.3 is 10.1 Å². The molecule has 0 aliphatic carbocycles. The predicted octanol–water partition coefficient (Wildman–Crippen LogP) is 3.81. The molecule has 2 aliphatic rings. The lowest BCUT2D eigenvalue weighted by Crippen LogP contribution is -2.41. The number of carbonyl (C=O) groups is 3. The molecule has 0 saturated carbocycles. The van der Waals surface area contributed by atoms with E-state index in [1.807, 2.05) is 32.9 Å². The number of thiazole rings is 1. The molecule has 1 N–H and O–H groups in total. The molecular formula is C26H25N3O5S2. The summed E-state index contributed by atoms with van der Waals surface area (Å²) in [6, 6.07) is 14.2. The molecule has 3 amide bonds. The van der Waals surface area contributed by atoms with E-state index in [1.165, 1.54) is 21.2 Å². The van der Waals surface area contributed by atoms with Crippen LogP contribution in [0.5, 0.6) is 5.75 Å². The Labute approximate surface area is 216 Å². The monoisotopic (exact) mass is 523 g/mol. The number of thioether (sulfide) groups is 1. The molecule has 10 heteroatoms. The van der Waals surface area contributed by atoms with Gasteiger partial charge in [-0.15, -0.1) is 0 Å². The summed E-state index contributed by atoms with van der Waals surface area (Å²) in [5.74, 6) is -0.867. The Morgan fingerprint density at radius 3 is 2.33 bits per heavy atom. The molecule has 2 aliphatic heterocycles. The predicted molar refractivity (Wildman–Crippen MR) is 140 cm³/mol. The van der Waals surface area contributed by atoms with Crippen LogP contribution in [0.4, 0.5) is 11.4 Å². The van der Waals surface area contributed by atoms with Crippen molar-refractivity contribution in [1.82, 2.24) is 4.57 Å². The van der Waals surface area contributed by atoms with Gasteiger partial charge in [-0.3, -0.25) is 23.7 Å². The number of nitrogens with one attached hydrogen (secondary N) is 1. The Morgan fingerprint density at radius 1 is 1.03 bits per heavy atom. The van der Waals surface area contributed by atoms with E-state index >= 15 is 0 Å². The summed E-state index contributed by atoms with van der Waals surface area (Å²) in [5, 5.41) is 2.70. The van der Waals surface area contributed by atoms with E-state index < -0.39 is 16.6 Å². The Hall–Kier alpha value is -3.37. The van der Waals surface area contributed by atoms with Crippen molar-refractivity contribution in [2.45, 2.75) is 43.0 Å². The fraction of sp³-hybridized carbons (Fsp3) is 0.308. The lowest BCUT2D eigenvalue weighted by Gasteiger charge is -2.36. The van der Waals surface area contributed by atoms with E-state index in [-0.39, 0.29) is 29.1 Å². The third-order valence-electron chi connectivity index (χ3n) is 6.67. The molecule has 36 heavy (non-hydrogen) atoms. The maximum Gasteiger partial charge on any atom is 0.308 e. The first-order valence-electron chi connectivity index (χ1n) is 11.4. The number of carbonyl (C=O) groups excluding carboxylic acids is 3. The summed E-state index contributed by atoms with van der Waals surface area (Å²) in [7, 11) is 1.56. The van der Waals surface area contributed by atoms with E-state index in [0.717, 1.165) is 21.8 Å². The van der Waals surface area contributed by atoms with Crippen LogP contribution in [-0.4, -0.2) is 34.6 Å². The van der Waals surface area contributed by atoms with Gasteiger partial charge in [0.05, 0.1) is 23.7 Å². The first-order chi connectivity index (χ1) is 17.1. The average molecular weight is 524 g/mol. The second kappa shape index (κ2) is 8.94. The van der Waals surface area contributed by atoms with Gasteiger partial charge in [0.25, 0.3) is 0 Å². The van der Waals surface area contributed by atoms with Crippen LogP contribution >= 0.6 is 23.1 Å². The van der Waals surface area contributed by atoms with Crippen molar-refractivity contribution in [1.29, 1.82) is 0 Å². The molecule has 8 nitrogen and oxygen atoms in total. The molecule has 3 aromatic rings. The van der Waals surface area contributed by atoms with Crippen molar-refractivity contribution < 1.29 is 19.1 Å². The Balaban J connectivity index is 1.44. The largest absolute Gasteiger partial charge is 0.497 e. The number of rotatable bonds is 5. The molecular weight excluding hydrogens is 498 g/mol. The molecule has 2 aromatic carbocycles. The minimum atomic E-state index is -0.751. The van der Waals surface area contributed by atoms with E-state index in [4.69, 9.17) is 4.74 Å². The summed E-state index contributed by atoms with van der Waals surface area (Å²) < 4.78 is 6.54. The molecule has 0 bridgehead atoms. The van der Waals surface area contributed by atoms with E-state index in [0.29, 0.717) is 22.2 Å². The zero-order chi connectivity index (χ0) is 25.8. The number of amides is 3. The Morgan fingerprint density at radius 2 is 1.69 bits per heavy atom. The summed E-state index contributed by atoms with van der Waals surface area (Å²) in [5.41, 5.74) is 1.40. The van der Waals surface area contributed by atoms with Gasteiger partial charge in [-0.2, -0.15) is 0 Å². The fourth-order valence-corrected chi connectivity index (χ4v) is 7.77. The maximum atomic E-state index is 13.5. The maximum absolute atomic E-state index is 13.5. The van der Waals surface area contributed by atoms with Crippen LogP contribution in [0.2, 0.25) is 0 Å². The first-order valence-corrected chi connectivity index (χ1v) is 13.1. The summed E-state index contributed by atoms with van der Waals surface area (Å²) >= 11 is 2.24. The Kier molecular flexibility index (Phi) is 6.04. The summed E-state index contributed by atoms with van der Waals surface area (Å²) in [6.45, 7) is 5.54. The van der Waals surface area contributed by atoms with Crippen molar-refractivity contribution in [3.8, 4) is 5.75 Å². The van der Waals surface area contributed by atoms with Gasteiger partial charge in [-0.1, -0.05) is 54.6 Å². The van der Waals surface area contributed by atoms with Gasteiger partial charge >= 0.3 is 4.87 Å². The fourth-order valence-electron chi connectivity index (χ4n) is 4.73. The highest BCUT2D eigenvalue weighted by Gasteiger charge is 2.59. The van der Waals surface area contributed by atoms with Crippen molar-refractivity contribution in [3.63, 3.8) is 0 Å². The van der Waals surface area contributed by atoms with Gasteiger partial charge in [0.15, 0.2) is 0 Å². The van der Waals surface area contributed by atoms with Crippen LogP contribution in [0.25, 0.3) is 0 Å². The van der Waals surface area contributed by atoms with Gasteiger partial charge in [0.2, 0.25) is 17.7 Å². The van der Waals surface area contributed by atoms with E-state index in [1.54, 1.807) is 43.5 Å². The number of aryl methyl sites for hydroxylation is 1. The molecule has 1 fully saturated rings. The van der Waals surface area contributed by atoms with Crippen molar-refractivity contribution in [2.75, 3.05) is 17.3 Å². The Bertz CT molecular complexity index is 1420. The van der Waals surface area contributed by atoms with Crippen molar-refractivity contribution in [2.24, 2.45) is 5.92 Å². The van der Waals surface area contributed by atoms with Crippen LogP contribution in [-0.2, 0) is 26.3 Å². The lowest BCUT2D eigenvalue weighted by molar-refractivity contribution is -0.123. The highest BCUT2D eigenvalue weighted by Crippen LogP contribution is 2.54. The minimum absolute atomic E-state index is 0.193. The topological polar surface area (TPSA) is 97.7 Å². The number of hydrogen-bond donors (Lipinski definition) is 1. The summed E-state index contributed by atoms with van der Waals surface area (Å²) in [6.07, 6.45) is 0. The van der Waals surface area contributed by atoms with Crippen molar-refractivity contribution >= 4 is 52.2 Å². The second-order valence-corrected chi connectivity index (χ2v) is 11.5. The average Bonchev–Trinajstić information content (AvgIpc) is 3.29. The highest BCUT2D eigenvalue weighted by molar-refractivity contribution is 8.00. The standard InChI is InChI=1S/C26H25N3O5S2/c1-14-5-9-16(10-6-14)29-22(31)19-20(23(29)32)35-24-21(26(19,2)3)36-25(33)28(24)13-18(30)27-15-7-11-17(34-4)12-8-15/h5-12,19-20H,13H2,1-4H3,(H,27,30). The molecule has 5 rings (SSSR count). The van der Waals surface area contributed by atoms with Gasteiger partial charge in [0, 0.05) is 16.0 Å². The first kappa shape index (κ1) is 24.3. The van der Waals surface area contributed by atoms with Crippen LogP contribution in [0.15, 0.2) is 58.4 Å². The van der Waals surface area contributed by atoms with Gasteiger partial charge in [-0.05, 0) is 43.3 Å². The van der Waals surface area contributed by atoms with E-state index in [9.17, 15) is 19.2 Å². The number of methoxy groups -OCH3 is 1. The molecule has 186 valence electrons. The SMILES string of the molecule is COc1ccc(NC(=O)Cn2c3c(sc2=O)C(C)(C)C2C(=O)N(c4ccc(C)cc4)C(=O)C2S3)cc1. The molecule has 2 atom stereocenters. The van der Waals surface area contributed by atoms with Gasteiger partial charge in [-0.25, -0.2) is 4.90 Å². The molecule has 0 spiro atoms. The minimum Gasteiger partial charge on any atom is -0.497 e. The zero-order valence-corrected chi connectivity index (χ0v) is 21.9.